The van der Waals surface area contributed by atoms with Gasteiger partial charge in [0.15, 0.2) is 14.1 Å². The van der Waals surface area contributed by atoms with Crippen molar-refractivity contribution in [2.75, 3.05) is 6.61 Å². The molecule has 0 unspecified atom stereocenters. The number of fused-ring (bicyclic) bond motifs is 1. The molecule has 1 heterocycles. The molecular weight excluding hydrogens is 405 g/mol. The highest BCUT2D eigenvalue weighted by molar-refractivity contribution is 7.87. The van der Waals surface area contributed by atoms with Gasteiger partial charge >= 0.3 is 15.6 Å². The Labute approximate surface area is 159 Å². The molecule has 1 saturated heterocycles. The minimum atomic E-state index is -5.71. The van der Waals surface area contributed by atoms with Crippen LogP contribution in [0.2, 0.25) is 18.1 Å². The van der Waals surface area contributed by atoms with Gasteiger partial charge < -0.3 is 13.9 Å². The Hall–Kier alpha value is -0.203. The molecule has 0 aromatic rings. The maximum Gasteiger partial charge on any atom is 0.523 e. The van der Waals surface area contributed by atoms with Crippen LogP contribution < -0.4 is 0 Å². The smallest absolute Gasteiger partial charge is 0.416 e. The molecule has 0 aromatic heterocycles. The first-order valence-corrected chi connectivity index (χ1v) is 13.2. The fourth-order valence-corrected chi connectivity index (χ4v) is 4.73. The molecule has 1 saturated carbocycles. The molecule has 2 fully saturated rings. The second kappa shape index (κ2) is 6.94. The van der Waals surface area contributed by atoms with Gasteiger partial charge in [0.25, 0.3) is 0 Å². The number of halogens is 3. The molecule has 0 spiro atoms. The number of hydrogen-bond donors (Lipinski definition) is 0. The Bertz CT molecular complexity index is 656. The number of ether oxygens (including phenoxy) is 2. The summed E-state index contributed by atoms with van der Waals surface area (Å²) in [4.78, 5) is 0. The fourth-order valence-electron chi connectivity index (χ4n) is 3.04. The van der Waals surface area contributed by atoms with Crippen molar-refractivity contribution in [1.82, 2.24) is 0 Å². The average Bonchev–Trinajstić information content (AvgIpc) is 2.88. The molecule has 2 aliphatic rings. The van der Waals surface area contributed by atoms with Crippen molar-refractivity contribution in [3.8, 4) is 0 Å². The molecule has 0 radical (unpaired) electrons. The lowest BCUT2D eigenvalue weighted by atomic mass is 10.1. The SMILES string of the molecule is CC1(C)O[C@@H]2[C@@H](CO[Si](C)(C)C(C)(C)C)C[C@H](OS(=O)(=O)C(F)(F)F)[C@@H]2O1. The summed E-state index contributed by atoms with van der Waals surface area (Å²) in [6.45, 7) is 13.9. The monoisotopic (exact) mass is 434 g/mol. The minimum Gasteiger partial charge on any atom is -0.416 e. The van der Waals surface area contributed by atoms with Gasteiger partial charge in [-0.2, -0.15) is 21.6 Å². The van der Waals surface area contributed by atoms with Gasteiger partial charge in [-0.3, -0.25) is 4.18 Å². The molecule has 4 atom stereocenters. The Kier molecular flexibility index (Phi) is 5.94. The third-order valence-electron chi connectivity index (χ3n) is 5.53. The van der Waals surface area contributed by atoms with Gasteiger partial charge in [0, 0.05) is 12.5 Å². The molecule has 0 aromatic carbocycles. The molecular formula is C16H29F3O6SSi. The van der Waals surface area contributed by atoms with Crippen LogP contribution in [0.5, 0.6) is 0 Å². The molecule has 1 aliphatic heterocycles. The fraction of sp³-hybridized carbons (Fsp3) is 1.00. The summed E-state index contributed by atoms with van der Waals surface area (Å²) < 4.78 is 83.2. The third-order valence-corrected chi connectivity index (χ3v) is 11.1. The summed E-state index contributed by atoms with van der Waals surface area (Å²) in [7, 11) is -7.80. The zero-order chi connectivity index (χ0) is 21.1. The van der Waals surface area contributed by atoms with Crippen LogP contribution in [0.25, 0.3) is 0 Å². The Morgan fingerprint density at radius 1 is 1.11 bits per heavy atom. The first-order valence-electron chi connectivity index (χ1n) is 8.85. The normalized spacial score (nSPS) is 31.9. The van der Waals surface area contributed by atoms with Crippen LogP contribution in [0.15, 0.2) is 0 Å². The molecule has 160 valence electrons. The van der Waals surface area contributed by atoms with Gasteiger partial charge in [-0.25, -0.2) is 0 Å². The number of hydrogen-bond acceptors (Lipinski definition) is 6. The van der Waals surface area contributed by atoms with Crippen LogP contribution in [0.4, 0.5) is 13.2 Å². The lowest BCUT2D eigenvalue weighted by molar-refractivity contribution is -0.166. The minimum absolute atomic E-state index is 0.0349. The Balaban J connectivity index is 2.16. The van der Waals surface area contributed by atoms with Gasteiger partial charge in [0.2, 0.25) is 0 Å². The van der Waals surface area contributed by atoms with E-state index in [2.05, 4.69) is 38.0 Å². The summed E-state index contributed by atoms with van der Waals surface area (Å²) >= 11 is 0. The summed E-state index contributed by atoms with van der Waals surface area (Å²) in [5.74, 6) is -1.35. The quantitative estimate of drug-likeness (QED) is 0.373. The van der Waals surface area contributed by atoms with Crippen LogP contribution >= 0.6 is 0 Å². The largest absolute Gasteiger partial charge is 0.523 e. The van der Waals surface area contributed by atoms with E-state index >= 15 is 0 Å². The highest BCUT2D eigenvalue weighted by Gasteiger charge is 2.58. The van der Waals surface area contributed by atoms with E-state index < -0.39 is 48.0 Å². The van der Waals surface area contributed by atoms with Crippen LogP contribution in [0.3, 0.4) is 0 Å². The van der Waals surface area contributed by atoms with Crippen LogP contribution in [0.1, 0.15) is 41.0 Å². The lowest BCUT2D eigenvalue weighted by Gasteiger charge is -2.37. The number of rotatable bonds is 5. The van der Waals surface area contributed by atoms with Gasteiger partial charge in [-0.05, 0) is 38.4 Å². The van der Waals surface area contributed by atoms with E-state index in [0.717, 1.165) is 0 Å². The second-order valence-corrected chi connectivity index (χ2v) is 15.5. The van der Waals surface area contributed by atoms with E-state index in [4.69, 9.17) is 13.9 Å². The standard InChI is InChI=1S/C16H29F3O6SSi/c1-14(2,3)27(6,7)22-9-10-8-11(25-26(20,21)16(17,18)19)13-12(10)23-15(4,5)24-13/h10-13H,8-9H2,1-7H3/t10-,11+,12-,13+/m1/s1. The molecule has 2 rings (SSSR count). The lowest BCUT2D eigenvalue weighted by Crippen LogP contribution is -2.43. The molecule has 11 heteroatoms. The predicted molar refractivity (Wildman–Crippen MR) is 94.9 cm³/mol. The van der Waals surface area contributed by atoms with Gasteiger partial charge in [-0.15, -0.1) is 0 Å². The predicted octanol–water partition coefficient (Wildman–Crippen LogP) is 3.78. The summed E-state index contributed by atoms with van der Waals surface area (Å²) in [5, 5.41) is -0.0349. The average molecular weight is 435 g/mol. The topological polar surface area (TPSA) is 71.1 Å². The Morgan fingerprint density at radius 3 is 2.11 bits per heavy atom. The summed E-state index contributed by atoms with van der Waals surface area (Å²) in [5.41, 5.74) is -5.48. The second-order valence-electron chi connectivity index (χ2n) is 9.17. The first kappa shape index (κ1) is 23.1. The van der Waals surface area contributed by atoms with Crippen LogP contribution in [0, 0.1) is 5.92 Å². The van der Waals surface area contributed by atoms with Crippen LogP contribution in [-0.4, -0.2) is 52.9 Å². The molecule has 0 N–H and O–H groups in total. The highest BCUT2D eigenvalue weighted by Crippen LogP contribution is 2.45. The van der Waals surface area contributed by atoms with E-state index in [1.54, 1.807) is 13.8 Å². The maximum atomic E-state index is 12.7. The highest BCUT2D eigenvalue weighted by atomic mass is 32.2. The van der Waals surface area contributed by atoms with Gasteiger partial charge in [-0.1, -0.05) is 20.8 Å². The molecule has 0 amide bonds. The molecule has 0 bridgehead atoms. The zero-order valence-electron chi connectivity index (χ0n) is 16.7. The van der Waals surface area contributed by atoms with Crippen molar-refractivity contribution < 1.29 is 39.7 Å². The third kappa shape index (κ3) is 4.87. The van der Waals surface area contributed by atoms with Crippen molar-refractivity contribution >= 4 is 18.4 Å². The molecule has 27 heavy (non-hydrogen) atoms. The first-order chi connectivity index (χ1) is 11.9. The van der Waals surface area contributed by atoms with Crippen molar-refractivity contribution in [1.29, 1.82) is 0 Å². The molecule has 1 aliphatic carbocycles. The summed E-state index contributed by atoms with van der Waals surface area (Å²) in [6.07, 6.45) is -2.70. The van der Waals surface area contributed by atoms with Crippen molar-refractivity contribution in [2.45, 2.75) is 88.8 Å². The van der Waals surface area contributed by atoms with Crippen LogP contribution in [-0.2, 0) is 28.2 Å². The number of alkyl halides is 3. The Morgan fingerprint density at radius 2 is 1.63 bits per heavy atom. The van der Waals surface area contributed by atoms with Crippen molar-refractivity contribution in [3.05, 3.63) is 0 Å². The van der Waals surface area contributed by atoms with Crippen molar-refractivity contribution in [3.63, 3.8) is 0 Å². The molecule has 6 nitrogen and oxygen atoms in total. The zero-order valence-corrected chi connectivity index (χ0v) is 18.5. The maximum absolute atomic E-state index is 12.7. The van der Waals surface area contributed by atoms with E-state index in [1.165, 1.54) is 0 Å². The van der Waals surface area contributed by atoms with Gasteiger partial charge in [0.05, 0.1) is 6.10 Å². The van der Waals surface area contributed by atoms with Crippen molar-refractivity contribution in [2.24, 2.45) is 5.92 Å². The van der Waals surface area contributed by atoms with Gasteiger partial charge in [0.1, 0.15) is 12.2 Å². The summed E-state index contributed by atoms with van der Waals surface area (Å²) in [6, 6.07) is 0. The van der Waals surface area contributed by atoms with E-state index in [1.807, 2.05) is 0 Å². The van der Waals surface area contributed by atoms with E-state index in [9.17, 15) is 21.6 Å². The van der Waals surface area contributed by atoms with E-state index in [0.29, 0.717) is 0 Å². The van der Waals surface area contributed by atoms with E-state index in [-0.39, 0.29) is 24.0 Å².